The first kappa shape index (κ1) is 20.3. The highest BCUT2D eigenvalue weighted by atomic mass is 32.1. The molecular weight excluding hydrogens is 384 g/mol. The summed E-state index contributed by atoms with van der Waals surface area (Å²) in [6, 6.07) is 8.09. The third-order valence-electron chi connectivity index (χ3n) is 6.60. The van der Waals surface area contributed by atoms with Gasteiger partial charge in [0.2, 0.25) is 5.91 Å². The van der Waals surface area contributed by atoms with Crippen LogP contribution in [-0.2, 0) is 14.3 Å². The lowest BCUT2D eigenvalue weighted by Crippen LogP contribution is -2.59. The average molecular weight is 415 g/mol. The number of fused-ring (bicyclic) bond motifs is 2. The molecule has 0 bridgehead atoms. The van der Waals surface area contributed by atoms with Crippen molar-refractivity contribution in [3.05, 3.63) is 29.3 Å². The molecule has 6 heteroatoms. The Morgan fingerprint density at radius 3 is 2.86 bits per heavy atom. The maximum Gasteiger partial charge on any atom is 0.314 e. The standard InChI is InChI=1S/C23H30N2O3S/c1-3-28-22(27)23-12-7-6-11-19(23)25(14-8-13-23)20(26)15-16(2)21-24-17-9-4-5-10-18(17)29-21/h4-5,9-10,16,19H,3,6-8,11-15H2,1-2H3. The molecule has 1 saturated carbocycles. The van der Waals surface area contributed by atoms with Gasteiger partial charge in [-0.3, -0.25) is 9.59 Å². The molecule has 1 saturated heterocycles. The second kappa shape index (κ2) is 8.42. The number of likely N-dealkylation sites (tertiary alicyclic amines) is 1. The molecule has 1 aliphatic carbocycles. The quantitative estimate of drug-likeness (QED) is 0.653. The van der Waals surface area contributed by atoms with Crippen LogP contribution in [0, 0.1) is 5.41 Å². The third-order valence-corrected chi connectivity index (χ3v) is 7.87. The highest BCUT2D eigenvalue weighted by Gasteiger charge is 2.53. The number of piperidine rings is 1. The first-order valence-electron chi connectivity index (χ1n) is 10.9. The molecule has 29 heavy (non-hydrogen) atoms. The summed E-state index contributed by atoms with van der Waals surface area (Å²) < 4.78 is 6.63. The van der Waals surface area contributed by atoms with Gasteiger partial charge in [0.25, 0.3) is 0 Å². The SMILES string of the molecule is CCOC(=O)C12CCCCC1N(C(=O)CC(C)c1nc3ccccc3s1)CCC2. The fourth-order valence-electron chi connectivity index (χ4n) is 5.17. The zero-order valence-corrected chi connectivity index (χ0v) is 18.2. The minimum absolute atomic E-state index is 0.0147. The van der Waals surface area contributed by atoms with Gasteiger partial charge in [-0.25, -0.2) is 4.98 Å². The molecule has 2 fully saturated rings. The Bertz CT molecular complexity index is 858. The number of hydrogen-bond donors (Lipinski definition) is 0. The number of rotatable bonds is 5. The lowest BCUT2D eigenvalue weighted by atomic mass is 9.65. The second-order valence-electron chi connectivity index (χ2n) is 8.45. The molecule has 0 N–H and O–H groups in total. The largest absolute Gasteiger partial charge is 0.466 e. The third kappa shape index (κ3) is 3.79. The van der Waals surface area contributed by atoms with Crippen molar-refractivity contribution < 1.29 is 14.3 Å². The molecule has 2 aliphatic rings. The van der Waals surface area contributed by atoms with Gasteiger partial charge < -0.3 is 9.64 Å². The van der Waals surface area contributed by atoms with Crippen molar-refractivity contribution in [1.29, 1.82) is 0 Å². The second-order valence-corrected chi connectivity index (χ2v) is 9.52. The van der Waals surface area contributed by atoms with E-state index in [1.807, 2.05) is 30.0 Å². The van der Waals surface area contributed by atoms with E-state index in [0.29, 0.717) is 13.0 Å². The first-order chi connectivity index (χ1) is 14.0. The van der Waals surface area contributed by atoms with E-state index in [0.717, 1.165) is 60.3 Å². The van der Waals surface area contributed by atoms with E-state index < -0.39 is 5.41 Å². The van der Waals surface area contributed by atoms with Gasteiger partial charge in [-0.15, -0.1) is 11.3 Å². The molecule has 4 rings (SSSR count). The summed E-state index contributed by atoms with van der Waals surface area (Å²) in [4.78, 5) is 33.0. The van der Waals surface area contributed by atoms with E-state index in [2.05, 4.69) is 13.0 Å². The number of ether oxygens (including phenoxy) is 1. The summed E-state index contributed by atoms with van der Waals surface area (Å²) >= 11 is 1.67. The van der Waals surface area contributed by atoms with Crippen LogP contribution in [0.25, 0.3) is 10.2 Å². The zero-order valence-electron chi connectivity index (χ0n) is 17.4. The van der Waals surface area contributed by atoms with E-state index in [1.165, 1.54) is 0 Å². The van der Waals surface area contributed by atoms with Crippen molar-refractivity contribution in [3.63, 3.8) is 0 Å². The Labute approximate surface area is 176 Å². The van der Waals surface area contributed by atoms with Gasteiger partial charge in [-0.2, -0.15) is 0 Å². The number of nitrogens with zero attached hydrogens (tertiary/aromatic N) is 2. The number of carbonyl (C=O) groups excluding carboxylic acids is 2. The fraction of sp³-hybridized carbons (Fsp3) is 0.609. The summed E-state index contributed by atoms with van der Waals surface area (Å²) in [7, 11) is 0. The predicted molar refractivity (Wildman–Crippen MR) is 115 cm³/mol. The number of benzene rings is 1. The topological polar surface area (TPSA) is 59.5 Å². The minimum Gasteiger partial charge on any atom is -0.466 e. The van der Waals surface area contributed by atoms with E-state index in [4.69, 9.17) is 9.72 Å². The van der Waals surface area contributed by atoms with Gasteiger partial charge in [0, 0.05) is 24.9 Å². The molecule has 2 heterocycles. The molecule has 3 atom stereocenters. The van der Waals surface area contributed by atoms with Gasteiger partial charge >= 0.3 is 5.97 Å². The summed E-state index contributed by atoms with van der Waals surface area (Å²) in [6.07, 6.45) is 6.01. The molecule has 0 spiro atoms. The van der Waals surface area contributed by atoms with E-state index >= 15 is 0 Å². The molecule has 2 aromatic rings. The first-order valence-corrected chi connectivity index (χ1v) is 11.7. The number of carbonyl (C=O) groups is 2. The monoisotopic (exact) mass is 414 g/mol. The molecule has 0 radical (unpaired) electrons. The van der Waals surface area contributed by atoms with Crippen LogP contribution in [0.4, 0.5) is 0 Å². The van der Waals surface area contributed by atoms with Gasteiger partial charge in [-0.05, 0) is 44.7 Å². The molecule has 1 aromatic heterocycles. The van der Waals surface area contributed by atoms with Crippen LogP contribution in [0.5, 0.6) is 0 Å². The lowest BCUT2D eigenvalue weighted by molar-refractivity contribution is -0.170. The molecular formula is C23H30N2O3S. The van der Waals surface area contributed by atoms with E-state index in [1.54, 1.807) is 11.3 Å². The summed E-state index contributed by atoms with van der Waals surface area (Å²) in [6.45, 7) is 5.09. The van der Waals surface area contributed by atoms with Crippen molar-refractivity contribution >= 4 is 33.4 Å². The Hall–Kier alpha value is -1.95. The van der Waals surface area contributed by atoms with Gasteiger partial charge in [0.15, 0.2) is 0 Å². The van der Waals surface area contributed by atoms with Crippen LogP contribution in [0.3, 0.4) is 0 Å². The Kier molecular flexibility index (Phi) is 5.91. The zero-order chi connectivity index (χ0) is 20.4. The molecule has 1 aliphatic heterocycles. The Morgan fingerprint density at radius 2 is 2.07 bits per heavy atom. The van der Waals surface area contributed by atoms with Crippen molar-refractivity contribution in [2.75, 3.05) is 13.2 Å². The molecule has 1 amide bonds. The summed E-state index contributed by atoms with van der Waals surface area (Å²) in [5, 5.41) is 1.01. The molecule has 5 nitrogen and oxygen atoms in total. The van der Waals surface area contributed by atoms with Crippen molar-refractivity contribution in [2.24, 2.45) is 5.41 Å². The predicted octanol–water partition coefficient (Wildman–Crippen LogP) is 4.90. The van der Waals surface area contributed by atoms with Crippen LogP contribution >= 0.6 is 11.3 Å². The maximum atomic E-state index is 13.3. The Morgan fingerprint density at radius 1 is 1.28 bits per heavy atom. The number of para-hydroxylation sites is 1. The van der Waals surface area contributed by atoms with Crippen LogP contribution < -0.4 is 0 Å². The highest BCUT2D eigenvalue weighted by Crippen LogP contribution is 2.47. The van der Waals surface area contributed by atoms with Crippen molar-refractivity contribution in [2.45, 2.75) is 70.8 Å². The fourth-order valence-corrected chi connectivity index (χ4v) is 6.19. The van der Waals surface area contributed by atoms with Crippen molar-refractivity contribution in [1.82, 2.24) is 9.88 Å². The highest BCUT2D eigenvalue weighted by molar-refractivity contribution is 7.18. The van der Waals surface area contributed by atoms with Gasteiger partial charge in [0.05, 0.1) is 27.2 Å². The smallest absolute Gasteiger partial charge is 0.314 e. The van der Waals surface area contributed by atoms with E-state index in [-0.39, 0.29) is 23.8 Å². The number of hydrogen-bond acceptors (Lipinski definition) is 5. The average Bonchev–Trinajstić information content (AvgIpc) is 3.18. The number of aromatic nitrogens is 1. The van der Waals surface area contributed by atoms with Gasteiger partial charge in [0.1, 0.15) is 0 Å². The normalized spacial score (nSPS) is 25.4. The maximum absolute atomic E-state index is 13.3. The van der Waals surface area contributed by atoms with Crippen molar-refractivity contribution in [3.8, 4) is 0 Å². The van der Waals surface area contributed by atoms with Crippen LogP contribution in [0.1, 0.15) is 69.7 Å². The van der Waals surface area contributed by atoms with Crippen LogP contribution in [0.15, 0.2) is 24.3 Å². The number of amides is 1. The number of esters is 1. The van der Waals surface area contributed by atoms with Gasteiger partial charge in [-0.1, -0.05) is 31.9 Å². The summed E-state index contributed by atoms with van der Waals surface area (Å²) in [5.74, 6) is 0.126. The summed E-state index contributed by atoms with van der Waals surface area (Å²) in [5.41, 5.74) is 0.500. The molecule has 3 unspecified atom stereocenters. The van der Waals surface area contributed by atoms with Crippen LogP contribution in [-0.4, -0.2) is 41.0 Å². The number of thiazole rings is 1. The van der Waals surface area contributed by atoms with Crippen LogP contribution in [0.2, 0.25) is 0 Å². The Balaban J connectivity index is 1.51. The minimum atomic E-state index is -0.499. The molecule has 1 aromatic carbocycles. The molecule has 156 valence electrons. The van der Waals surface area contributed by atoms with E-state index in [9.17, 15) is 9.59 Å². The lowest BCUT2D eigenvalue weighted by Gasteiger charge is -2.51.